The minimum absolute atomic E-state index is 0.220. The first-order valence-electron chi connectivity index (χ1n) is 6.46. The standard InChI is InChI=1S/C13H25NO2/c1-10(2)9-12(11(3)6-8-15)14-7-4-5-13(14)16/h10-12,15H,4-9H2,1-3H3. The summed E-state index contributed by atoms with van der Waals surface area (Å²) < 4.78 is 0. The van der Waals surface area contributed by atoms with Crippen LogP contribution in [0.15, 0.2) is 0 Å². The van der Waals surface area contributed by atoms with E-state index < -0.39 is 0 Å². The van der Waals surface area contributed by atoms with E-state index in [0.717, 1.165) is 25.8 Å². The van der Waals surface area contributed by atoms with Crippen molar-refractivity contribution in [1.29, 1.82) is 0 Å². The fourth-order valence-corrected chi connectivity index (χ4v) is 2.57. The average molecular weight is 227 g/mol. The highest BCUT2D eigenvalue weighted by molar-refractivity contribution is 5.78. The molecule has 0 bridgehead atoms. The van der Waals surface area contributed by atoms with Gasteiger partial charge in [-0.3, -0.25) is 4.79 Å². The molecule has 0 aliphatic carbocycles. The molecule has 0 spiro atoms. The van der Waals surface area contributed by atoms with Crippen LogP contribution in [0.4, 0.5) is 0 Å². The van der Waals surface area contributed by atoms with E-state index in [1.165, 1.54) is 0 Å². The minimum Gasteiger partial charge on any atom is -0.396 e. The van der Waals surface area contributed by atoms with Crippen LogP contribution in [0, 0.1) is 11.8 Å². The molecular weight excluding hydrogens is 202 g/mol. The smallest absolute Gasteiger partial charge is 0.222 e. The lowest BCUT2D eigenvalue weighted by Crippen LogP contribution is -2.41. The Morgan fingerprint density at radius 2 is 2.06 bits per heavy atom. The summed E-state index contributed by atoms with van der Waals surface area (Å²) in [5, 5.41) is 9.02. The number of hydrogen-bond acceptors (Lipinski definition) is 2. The lowest BCUT2D eigenvalue weighted by atomic mass is 9.90. The molecule has 1 amide bonds. The Hall–Kier alpha value is -0.570. The molecule has 1 rings (SSSR count). The number of likely N-dealkylation sites (tertiary alicyclic amines) is 1. The third-order valence-corrected chi connectivity index (χ3v) is 3.46. The molecule has 3 nitrogen and oxygen atoms in total. The highest BCUT2D eigenvalue weighted by atomic mass is 16.3. The summed E-state index contributed by atoms with van der Waals surface area (Å²) in [5.41, 5.74) is 0. The van der Waals surface area contributed by atoms with Gasteiger partial charge in [0, 0.05) is 25.6 Å². The second-order valence-corrected chi connectivity index (χ2v) is 5.38. The molecule has 16 heavy (non-hydrogen) atoms. The molecular formula is C13H25NO2. The first kappa shape index (κ1) is 13.5. The largest absolute Gasteiger partial charge is 0.396 e. The Kier molecular flexibility index (Phi) is 5.26. The van der Waals surface area contributed by atoms with Crippen molar-refractivity contribution in [1.82, 2.24) is 4.90 Å². The van der Waals surface area contributed by atoms with Gasteiger partial charge in [0.2, 0.25) is 5.91 Å². The maximum Gasteiger partial charge on any atom is 0.222 e. The summed E-state index contributed by atoms with van der Waals surface area (Å²) >= 11 is 0. The van der Waals surface area contributed by atoms with Crippen molar-refractivity contribution >= 4 is 5.91 Å². The third-order valence-electron chi connectivity index (χ3n) is 3.46. The molecule has 1 saturated heterocycles. The van der Waals surface area contributed by atoms with E-state index in [1.54, 1.807) is 0 Å². The van der Waals surface area contributed by atoms with Crippen molar-refractivity contribution in [2.45, 2.75) is 52.5 Å². The number of nitrogens with zero attached hydrogens (tertiary/aromatic N) is 1. The molecule has 94 valence electrons. The predicted octanol–water partition coefficient (Wildman–Crippen LogP) is 2.04. The Balaban J connectivity index is 2.65. The van der Waals surface area contributed by atoms with Crippen molar-refractivity contribution in [3.8, 4) is 0 Å². The summed E-state index contributed by atoms with van der Waals surface area (Å²) in [6.07, 6.45) is 3.55. The lowest BCUT2D eigenvalue weighted by Gasteiger charge is -2.34. The first-order chi connectivity index (χ1) is 7.56. The highest BCUT2D eigenvalue weighted by Crippen LogP contribution is 2.26. The van der Waals surface area contributed by atoms with Gasteiger partial charge < -0.3 is 10.0 Å². The third kappa shape index (κ3) is 3.48. The van der Waals surface area contributed by atoms with Crippen LogP contribution in [0.25, 0.3) is 0 Å². The fourth-order valence-electron chi connectivity index (χ4n) is 2.57. The Labute approximate surface area is 98.8 Å². The fraction of sp³-hybridized carbons (Fsp3) is 0.923. The van der Waals surface area contributed by atoms with Crippen molar-refractivity contribution in [3.05, 3.63) is 0 Å². The van der Waals surface area contributed by atoms with Gasteiger partial charge in [0.25, 0.3) is 0 Å². The summed E-state index contributed by atoms with van der Waals surface area (Å²) in [5.74, 6) is 1.30. The van der Waals surface area contributed by atoms with Gasteiger partial charge in [0.1, 0.15) is 0 Å². The van der Waals surface area contributed by atoms with E-state index in [1.807, 2.05) is 4.90 Å². The molecule has 1 N–H and O–H groups in total. The molecule has 2 unspecified atom stereocenters. The van der Waals surface area contributed by atoms with Gasteiger partial charge in [-0.1, -0.05) is 20.8 Å². The molecule has 0 aromatic rings. The van der Waals surface area contributed by atoms with Crippen LogP contribution in [-0.4, -0.2) is 35.1 Å². The number of aliphatic hydroxyl groups is 1. The Morgan fingerprint density at radius 3 is 2.50 bits per heavy atom. The quantitative estimate of drug-likeness (QED) is 0.754. The summed E-state index contributed by atoms with van der Waals surface area (Å²) in [6.45, 7) is 7.66. The molecule has 1 aliphatic heterocycles. The van der Waals surface area contributed by atoms with Gasteiger partial charge in [-0.05, 0) is 31.1 Å². The second-order valence-electron chi connectivity index (χ2n) is 5.38. The Bertz CT molecular complexity index is 228. The molecule has 1 fully saturated rings. The van der Waals surface area contributed by atoms with E-state index in [0.29, 0.717) is 30.2 Å². The van der Waals surface area contributed by atoms with Crippen molar-refractivity contribution in [2.75, 3.05) is 13.2 Å². The molecule has 1 aliphatic rings. The first-order valence-corrected chi connectivity index (χ1v) is 6.46. The number of aliphatic hydroxyl groups excluding tert-OH is 1. The van der Waals surface area contributed by atoms with Gasteiger partial charge in [-0.15, -0.1) is 0 Å². The van der Waals surface area contributed by atoms with E-state index in [4.69, 9.17) is 5.11 Å². The van der Waals surface area contributed by atoms with Gasteiger partial charge in [-0.2, -0.15) is 0 Å². The van der Waals surface area contributed by atoms with Gasteiger partial charge >= 0.3 is 0 Å². The molecule has 1 heterocycles. The molecule has 0 saturated carbocycles. The van der Waals surface area contributed by atoms with E-state index in [2.05, 4.69) is 20.8 Å². The summed E-state index contributed by atoms with van der Waals surface area (Å²) in [4.78, 5) is 13.8. The van der Waals surface area contributed by atoms with Crippen LogP contribution >= 0.6 is 0 Å². The average Bonchev–Trinajstić information content (AvgIpc) is 2.61. The van der Waals surface area contributed by atoms with Crippen LogP contribution in [0.5, 0.6) is 0 Å². The van der Waals surface area contributed by atoms with Crippen LogP contribution < -0.4 is 0 Å². The predicted molar refractivity (Wildman–Crippen MR) is 65.1 cm³/mol. The summed E-state index contributed by atoms with van der Waals surface area (Å²) in [7, 11) is 0. The lowest BCUT2D eigenvalue weighted by molar-refractivity contribution is -0.131. The topological polar surface area (TPSA) is 40.5 Å². The monoisotopic (exact) mass is 227 g/mol. The Morgan fingerprint density at radius 1 is 1.38 bits per heavy atom. The van der Waals surface area contributed by atoms with Gasteiger partial charge in [-0.25, -0.2) is 0 Å². The molecule has 0 aromatic carbocycles. The van der Waals surface area contributed by atoms with Crippen LogP contribution in [-0.2, 0) is 4.79 Å². The maximum absolute atomic E-state index is 11.8. The number of carbonyl (C=O) groups excluding carboxylic acids is 1. The molecule has 2 atom stereocenters. The second kappa shape index (κ2) is 6.24. The van der Waals surface area contributed by atoms with E-state index in [-0.39, 0.29) is 6.61 Å². The van der Waals surface area contributed by atoms with Crippen LogP contribution in [0.2, 0.25) is 0 Å². The molecule has 0 aromatic heterocycles. The number of amides is 1. The van der Waals surface area contributed by atoms with Crippen LogP contribution in [0.1, 0.15) is 46.5 Å². The zero-order valence-electron chi connectivity index (χ0n) is 10.8. The number of carbonyl (C=O) groups is 1. The maximum atomic E-state index is 11.8. The van der Waals surface area contributed by atoms with Gasteiger partial charge in [0.15, 0.2) is 0 Å². The van der Waals surface area contributed by atoms with Crippen molar-refractivity contribution in [2.24, 2.45) is 11.8 Å². The zero-order valence-corrected chi connectivity index (χ0v) is 10.8. The molecule has 3 heteroatoms. The normalized spacial score (nSPS) is 20.6. The van der Waals surface area contributed by atoms with E-state index in [9.17, 15) is 4.79 Å². The number of hydrogen-bond donors (Lipinski definition) is 1. The van der Waals surface area contributed by atoms with Crippen LogP contribution in [0.3, 0.4) is 0 Å². The summed E-state index contributed by atoms with van der Waals surface area (Å²) in [6, 6.07) is 0.321. The highest BCUT2D eigenvalue weighted by Gasteiger charge is 2.31. The van der Waals surface area contributed by atoms with E-state index >= 15 is 0 Å². The van der Waals surface area contributed by atoms with Crippen molar-refractivity contribution in [3.63, 3.8) is 0 Å². The number of rotatable bonds is 6. The minimum atomic E-state index is 0.220. The zero-order chi connectivity index (χ0) is 12.1. The van der Waals surface area contributed by atoms with Crippen molar-refractivity contribution < 1.29 is 9.90 Å². The molecule has 0 radical (unpaired) electrons. The SMILES string of the molecule is CC(C)CC(C(C)CCO)N1CCCC1=O. The van der Waals surface area contributed by atoms with Gasteiger partial charge in [0.05, 0.1) is 0 Å².